The number of ether oxygens (including phenoxy) is 3. The van der Waals surface area contributed by atoms with Gasteiger partial charge < -0.3 is 19.1 Å². The minimum atomic E-state index is -0.501. The molecule has 1 fully saturated rings. The summed E-state index contributed by atoms with van der Waals surface area (Å²) in [5, 5.41) is 0. The number of hydrogen-bond donors (Lipinski definition) is 0. The normalized spacial score (nSPS) is 21.7. The Bertz CT molecular complexity index is 446. The van der Waals surface area contributed by atoms with Crippen LogP contribution in [0.25, 0.3) is 0 Å². The molecule has 1 heterocycles. The number of rotatable bonds is 7. The zero-order valence-corrected chi connectivity index (χ0v) is 14.9. The van der Waals surface area contributed by atoms with Crippen LogP contribution in [0.5, 0.6) is 0 Å². The summed E-state index contributed by atoms with van der Waals surface area (Å²) in [6.45, 7) is 12.1. The third-order valence-corrected chi connectivity index (χ3v) is 4.39. The molecule has 23 heavy (non-hydrogen) atoms. The summed E-state index contributed by atoms with van der Waals surface area (Å²) >= 11 is 0. The molecule has 0 aromatic carbocycles. The maximum Gasteiger partial charge on any atom is 0.313 e. The van der Waals surface area contributed by atoms with Crippen molar-refractivity contribution in [1.82, 2.24) is 4.90 Å². The second kappa shape index (κ2) is 8.34. The van der Waals surface area contributed by atoms with Crippen LogP contribution >= 0.6 is 0 Å². The molecule has 0 aromatic rings. The molecule has 6 heteroatoms. The molecular weight excluding hydrogens is 298 g/mol. The highest BCUT2D eigenvalue weighted by Gasteiger charge is 2.40. The van der Waals surface area contributed by atoms with Gasteiger partial charge in [0.05, 0.1) is 19.0 Å². The van der Waals surface area contributed by atoms with Gasteiger partial charge in [-0.05, 0) is 19.8 Å². The summed E-state index contributed by atoms with van der Waals surface area (Å²) < 4.78 is 15.7. The molecule has 2 atom stereocenters. The van der Waals surface area contributed by atoms with Gasteiger partial charge in [0, 0.05) is 18.5 Å². The standard InChI is InChI=1S/C17H29NO5/c1-7-17(4,5)16(20)18-9-8-14(23-11-22-12(2)3)13(10-18)15(19)21-6/h13-14H,2,7-11H2,1,3-6H3. The lowest BCUT2D eigenvalue weighted by Crippen LogP contribution is -2.53. The van der Waals surface area contributed by atoms with Gasteiger partial charge in [-0.2, -0.15) is 0 Å². The van der Waals surface area contributed by atoms with Gasteiger partial charge in [-0.25, -0.2) is 0 Å². The third-order valence-electron chi connectivity index (χ3n) is 4.39. The van der Waals surface area contributed by atoms with Gasteiger partial charge in [0.2, 0.25) is 5.91 Å². The van der Waals surface area contributed by atoms with E-state index in [0.717, 1.165) is 6.42 Å². The van der Waals surface area contributed by atoms with Crippen molar-refractivity contribution in [2.45, 2.75) is 46.6 Å². The lowest BCUT2D eigenvalue weighted by molar-refractivity contribution is -0.166. The van der Waals surface area contributed by atoms with Crippen molar-refractivity contribution in [1.29, 1.82) is 0 Å². The first kappa shape index (κ1) is 19.5. The van der Waals surface area contributed by atoms with E-state index in [9.17, 15) is 9.59 Å². The number of hydrogen-bond acceptors (Lipinski definition) is 5. The minimum absolute atomic E-state index is 0.0435. The molecule has 6 nitrogen and oxygen atoms in total. The van der Waals surface area contributed by atoms with Crippen molar-refractivity contribution in [2.24, 2.45) is 11.3 Å². The van der Waals surface area contributed by atoms with E-state index in [4.69, 9.17) is 14.2 Å². The molecule has 132 valence electrons. The monoisotopic (exact) mass is 327 g/mol. The zero-order valence-electron chi connectivity index (χ0n) is 14.9. The molecule has 1 aliphatic rings. The number of piperidine rings is 1. The Hall–Kier alpha value is -1.56. The van der Waals surface area contributed by atoms with E-state index in [1.54, 1.807) is 11.8 Å². The first-order chi connectivity index (χ1) is 10.7. The van der Waals surface area contributed by atoms with Crippen LogP contribution in [0.3, 0.4) is 0 Å². The van der Waals surface area contributed by atoms with Gasteiger partial charge in [0.1, 0.15) is 5.92 Å². The average molecular weight is 327 g/mol. The van der Waals surface area contributed by atoms with E-state index in [1.807, 2.05) is 20.8 Å². The van der Waals surface area contributed by atoms with Crippen molar-refractivity contribution in [3.63, 3.8) is 0 Å². The highest BCUT2D eigenvalue weighted by Crippen LogP contribution is 2.28. The third kappa shape index (κ3) is 5.23. The fraction of sp³-hybridized carbons (Fsp3) is 0.765. The molecule has 0 aromatic heterocycles. The Balaban J connectivity index is 2.75. The summed E-state index contributed by atoms with van der Waals surface area (Å²) in [5.74, 6) is -0.251. The fourth-order valence-corrected chi connectivity index (χ4v) is 2.49. The first-order valence-electron chi connectivity index (χ1n) is 8.00. The summed E-state index contributed by atoms with van der Waals surface area (Å²) in [6, 6.07) is 0. The number of methoxy groups -OCH3 is 1. The minimum Gasteiger partial charge on any atom is -0.473 e. The maximum atomic E-state index is 12.6. The summed E-state index contributed by atoms with van der Waals surface area (Å²) in [5.41, 5.74) is -0.433. The summed E-state index contributed by atoms with van der Waals surface area (Å²) in [4.78, 5) is 26.4. The number of carbonyl (C=O) groups is 2. The van der Waals surface area contributed by atoms with Crippen molar-refractivity contribution in [2.75, 3.05) is 27.0 Å². The lowest BCUT2D eigenvalue weighted by atomic mass is 9.86. The fourth-order valence-electron chi connectivity index (χ4n) is 2.49. The van der Waals surface area contributed by atoms with Crippen LogP contribution in [0, 0.1) is 11.3 Å². The smallest absolute Gasteiger partial charge is 0.313 e. The van der Waals surface area contributed by atoms with Crippen LogP contribution in [-0.4, -0.2) is 49.9 Å². The number of likely N-dealkylation sites (tertiary alicyclic amines) is 1. The maximum absolute atomic E-state index is 12.6. The Morgan fingerprint density at radius 1 is 1.35 bits per heavy atom. The van der Waals surface area contributed by atoms with Gasteiger partial charge in [-0.15, -0.1) is 0 Å². The van der Waals surface area contributed by atoms with E-state index >= 15 is 0 Å². The molecule has 1 saturated heterocycles. The second-order valence-electron chi connectivity index (χ2n) is 6.58. The highest BCUT2D eigenvalue weighted by atomic mass is 16.7. The molecule has 1 aliphatic heterocycles. The molecule has 0 bridgehead atoms. The number of nitrogens with zero attached hydrogens (tertiary/aromatic N) is 1. The van der Waals surface area contributed by atoms with Gasteiger partial charge >= 0.3 is 5.97 Å². The Morgan fingerprint density at radius 2 is 2.00 bits per heavy atom. The van der Waals surface area contributed by atoms with Crippen molar-refractivity contribution in [3.8, 4) is 0 Å². The van der Waals surface area contributed by atoms with Gasteiger partial charge in [-0.3, -0.25) is 9.59 Å². The Labute approximate surface area is 138 Å². The quantitative estimate of drug-likeness (QED) is 0.408. The first-order valence-corrected chi connectivity index (χ1v) is 8.00. The highest BCUT2D eigenvalue weighted by molar-refractivity contribution is 5.83. The number of carbonyl (C=O) groups excluding carboxylic acids is 2. The Morgan fingerprint density at radius 3 is 2.52 bits per heavy atom. The zero-order chi connectivity index (χ0) is 17.6. The van der Waals surface area contributed by atoms with Crippen LogP contribution in [-0.2, 0) is 23.8 Å². The number of esters is 1. The molecule has 1 amide bonds. The molecular formula is C17H29NO5. The average Bonchev–Trinajstić information content (AvgIpc) is 2.53. The van der Waals surface area contributed by atoms with Crippen LogP contribution in [0.4, 0.5) is 0 Å². The second-order valence-corrected chi connectivity index (χ2v) is 6.58. The van der Waals surface area contributed by atoms with Crippen LogP contribution in [0.1, 0.15) is 40.5 Å². The van der Waals surface area contributed by atoms with Crippen LogP contribution in [0.15, 0.2) is 12.3 Å². The molecule has 2 unspecified atom stereocenters. The van der Waals surface area contributed by atoms with E-state index in [-0.39, 0.29) is 24.8 Å². The molecule has 1 rings (SSSR count). The van der Waals surface area contributed by atoms with Gasteiger partial charge in [-0.1, -0.05) is 27.4 Å². The topological polar surface area (TPSA) is 65.1 Å². The van der Waals surface area contributed by atoms with Gasteiger partial charge in [0.25, 0.3) is 0 Å². The largest absolute Gasteiger partial charge is 0.473 e. The number of allylic oxidation sites excluding steroid dienone is 1. The van der Waals surface area contributed by atoms with Crippen molar-refractivity contribution in [3.05, 3.63) is 12.3 Å². The number of amides is 1. The molecule has 0 saturated carbocycles. The SMILES string of the molecule is C=C(C)OCOC1CCN(C(=O)C(C)(C)CC)CC1C(=O)OC. The van der Waals surface area contributed by atoms with E-state index in [0.29, 0.717) is 25.3 Å². The predicted octanol–water partition coefficient (Wildman–Crippen LogP) is 2.34. The van der Waals surface area contributed by atoms with E-state index in [1.165, 1.54) is 7.11 Å². The molecule has 0 N–H and O–H groups in total. The Kier molecular flexibility index (Phi) is 7.06. The lowest BCUT2D eigenvalue weighted by Gasteiger charge is -2.39. The van der Waals surface area contributed by atoms with Crippen molar-refractivity contribution < 1.29 is 23.8 Å². The molecule has 0 spiro atoms. The van der Waals surface area contributed by atoms with E-state index < -0.39 is 11.3 Å². The van der Waals surface area contributed by atoms with E-state index in [2.05, 4.69) is 6.58 Å². The van der Waals surface area contributed by atoms with Crippen molar-refractivity contribution >= 4 is 11.9 Å². The summed E-state index contributed by atoms with van der Waals surface area (Å²) in [6.07, 6.45) is 0.998. The van der Waals surface area contributed by atoms with Gasteiger partial charge in [0.15, 0.2) is 6.79 Å². The summed E-state index contributed by atoms with van der Waals surface area (Å²) in [7, 11) is 1.35. The molecule has 0 radical (unpaired) electrons. The molecule has 0 aliphatic carbocycles. The predicted molar refractivity (Wildman–Crippen MR) is 86.4 cm³/mol. The van der Waals surface area contributed by atoms with Crippen LogP contribution < -0.4 is 0 Å². The van der Waals surface area contributed by atoms with Crippen LogP contribution in [0.2, 0.25) is 0 Å².